The molecule has 5 heteroatoms. The van der Waals surface area contributed by atoms with E-state index in [1.807, 2.05) is 30.3 Å². The van der Waals surface area contributed by atoms with Crippen LogP contribution in [0.5, 0.6) is 0 Å². The van der Waals surface area contributed by atoms with Gasteiger partial charge in [0.05, 0.1) is 11.6 Å². The molecule has 1 aromatic heterocycles. The number of methoxy groups -OCH3 is 1. The molecule has 1 aliphatic carbocycles. The van der Waals surface area contributed by atoms with E-state index >= 15 is 0 Å². The smallest absolute Gasteiger partial charge is 0.138 e. The molecule has 1 saturated carbocycles. The number of hydrogen-bond donors (Lipinski definition) is 1. The molecule has 1 aromatic carbocycles. The molecule has 4 nitrogen and oxygen atoms in total. The molecule has 0 aliphatic heterocycles. The second-order valence-corrected chi connectivity index (χ2v) is 6.43. The molecule has 0 radical (unpaired) electrons. The summed E-state index contributed by atoms with van der Waals surface area (Å²) in [5, 5.41) is 10.4. The van der Waals surface area contributed by atoms with Gasteiger partial charge in [0, 0.05) is 13.5 Å². The van der Waals surface area contributed by atoms with Crippen LogP contribution in [0.25, 0.3) is 0 Å². The molecule has 0 saturated heterocycles. The fourth-order valence-corrected chi connectivity index (χ4v) is 3.57. The van der Waals surface area contributed by atoms with Crippen molar-refractivity contribution in [2.45, 2.75) is 37.3 Å². The van der Waals surface area contributed by atoms with Gasteiger partial charge in [-0.2, -0.15) is 0 Å². The van der Waals surface area contributed by atoms with E-state index < -0.39 is 0 Å². The van der Waals surface area contributed by atoms with Gasteiger partial charge < -0.3 is 10.5 Å². The van der Waals surface area contributed by atoms with Gasteiger partial charge in [-0.1, -0.05) is 41.7 Å². The van der Waals surface area contributed by atoms with Crippen molar-refractivity contribution in [2.75, 3.05) is 7.11 Å². The first kappa shape index (κ1) is 13.7. The summed E-state index contributed by atoms with van der Waals surface area (Å²) in [6.07, 6.45) is 4.32. The molecule has 106 valence electrons. The zero-order chi connectivity index (χ0) is 14.0. The second kappa shape index (κ2) is 5.60. The molecule has 0 spiro atoms. The van der Waals surface area contributed by atoms with Crippen LogP contribution in [0.1, 0.15) is 40.9 Å². The zero-order valence-electron chi connectivity index (χ0n) is 11.6. The fourth-order valence-electron chi connectivity index (χ4n) is 2.57. The van der Waals surface area contributed by atoms with Gasteiger partial charge in [0.25, 0.3) is 0 Å². The van der Waals surface area contributed by atoms with Crippen molar-refractivity contribution in [1.29, 1.82) is 0 Å². The number of hydrogen-bond acceptors (Lipinski definition) is 5. The number of aromatic nitrogens is 2. The summed E-state index contributed by atoms with van der Waals surface area (Å²) >= 11 is 1.60. The third kappa shape index (κ3) is 2.61. The molecule has 0 bridgehead atoms. The summed E-state index contributed by atoms with van der Waals surface area (Å²) in [5.74, 6) is 0. The zero-order valence-corrected chi connectivity index (χ0v) is 12.4. The molecule has 0 amide bonds. The molecule has 1 unspecified atom stereocenters. The van der Waals surface area contributed by atoms with E-state index in [2.05, 4.69) is 10.2 Å². The SMILES string of the molecule is COC1(Cc2nnc(C(N)c3ccccc3)s2)CCC1. The molecular weight excluding hydrogens is 270 g/mol. The third-order valence-electron chi connectivity index (χ3n) is 4.08. The molecule has 1 fully saturated rings. The van der Waals surface area contributed by atoms with Crippen LogP contribution in [0.15, 0.2) is 30.3 Å². The molecule has 1 aliphatic rings. The van der Waals surface area contributed by atoms with Crippen molar-refractivity contribution in [3.05, 3.63) is 45.9 Å². The van der Waals surface area contributed by atoms with E-state index in [4.69, 9.17) is 10.5 Å². The predicted molar refractivity (Wildman–Crippen MR) is 79.7 cm³/mol. The van der Waals surface area contributed by atoms with Gasteiger partial charge in [-0.25, -0.2) is 0 Å². The van der Waals surface area contributed by atoms with Gasteiger partial charge in [0.2, 0.25) is 0 Å². The highest BCUT2D eigenvalue weighted by atomic mass is 32.1. The van der Waals surface area contributed by atoms with E-state index in [9.17, 15) is 0 Å². The Hall–Kier alpha value is -1.30. The van der Waals surface area contributed by atoms with Gasteiger partial charge in [-0.05, 0) is 24.8 Å². The maximum atomic E-state index is 6.25. The van der Waals surface area contributed by atoms with Crippen molar-refractivity contribution in [3.8, 4) is 0 Å². The van der Waals surface area contributed by atoms with Crippen molar-refractivity contribution in [1.82, 2.24) is 10.2 Å². The normalized spacial score (nSPS) is 18.5. The van der Waals surface area contributed by atoms with Gasteiger partial charge in [-0.15, -0.1) is 10.2 Å². The van der Waals surface area contributed by atoms with Gasteiger partial charge in [0.15, 0.2) is 0 Å². The summed E-state index contributed by atoms with van der Waals surface area (Å²) in [4.78, 5) is 0. The third-order valence-corrected chi connectivity index (χ3v) is 5.08. The molecule has 2 aromatic rings. The highest BCUT2D eigenvalue weighted by molar-refractivity contribution is 7.11. The Labute approximate surface area is 123 Å². The minimum atomic E-state index is -0.192. The first-order chi connectivity index (χ1) is 9.72. The quantitative estimate of drug-likeness (QED) is 0.919. The van der Waals surface area contributed by atoms with E-state index in [-0.39, 0.29) is 11.6 Å². The van der Waals surface area contributed by atoms with Crippen molar-refractivity contribution >= 4 is 11.3 Å². The molecular formula is C15H19N3OS. The van der Waals surface area contributed by atoms with Gasteiger partial charge in [0.1, 0.15) is 10.0 Å². The molecule has 1 atom stereocenters. The number of ether oxygens (including phenoxy) is 1. The van der Waals surface area contributed by atoms with Crippen LogP contribution in [0.3, 0.4) is 0 Å². The number of benzene rings is 1. The summed E-state index contributed by atoms with van der Waals surface area (Å²) in [6.45, 7) is 0. The molecule has 20 heavy (non-hydrogen) atoms. The van der Waals surface area contributed by atoms with E-state index in [0.717, 1.165) is 34.8 Å². The number of nitrogens with two attached hydrogens (primary N) is 1. The molecule has 3 rings (SSSR count). The topological polar surface area (TPSA) is 61.0 Å². The minimum Gasteiger partial charge on any atom is -0.378 e. The number of nitrogens with zero attached hydrogens (tertiary/aromatic N) is 2. The standard InChI is InChI=1S/C15H19N3OS/c1-19-15(8-5-9-15)10-12-17-18-14(20-12)13(16)11-6-3-2-4-7-11/h2-4,6-7,13H,5,8-10,16H2,1H3. The Balaban J connectivity index is 1.73. The van der Waals surface area contributed by atoms with Gasteiger partial charge >= 0.3 is 0 Å². The first-order valence-corrected chi connectivity index (χ1v) is 7.72. The predicted octanol–water partition coefficient (Wildman–Crippen LogP) is 2.70. The lowest BCUT2D eigenvalue weighted by atomic mass is 9.78. The second-order valence-electron chi connectivity index (χ2n) is 5.34. The Kier molecular flexibility index (Phi) is 3.83. The lowest BCUT2D eigenvalue weighted by molar-refractivity contribution is -0.0709. The van der Waals surface area contributed by atoms with Crippen LogP contribution < -0.4 is 5.73 Å². The van der Waals surface area contributed by atoms with Crippen LogP contribution in [0, 0.1) is 0 Å². The van der Waals surface area contributed by atoms with Crippen LogP contribution in [0.2, 0.25) is 0 Å². The van der Waals surface area contributed by atoms with Gasteiger partial charge in [-0.3, -0.25) is 0 Å². The fraction of sp³-hybridized carbons (Fsp3) is 0.467. The number of rotatable bonds is 5. The van der Waals surface area contributed by atoms with Crippen molar-refractivity contribution < 1.29 is 4.74 Å². The highest BCUT2D eigenvalue weighted by Crippen LogP contribution is 2.38. The van der Waals surface area contributed by atoms with Crippen LogP contribution in [0.4, 0.5) is 0 Å². The molecule has 2 N–H and O–H groups in total. The summed E-state index contributed by atoms with van der Waals surface area (Å²) in [7, 11) is 1.79. The maximum absolute atomic E-state index is 6.25. The Morgan fingerprint density at radius 3 is 2.65 bits per heavy atom. The monoisotopic (exact) mass is 289 g/mol. The van der Waals surface area contributed by atoms with Crippen LogP contribution in [-0.2, 0) is 11.2 Å². The summed E-state index contributed by atoms with van der Waals surface area (Å²) in [6, 6.07) is 9.82. The Bertz CT molecular complexity index is 560. The Morgan fingerprint density at radius 1 is 1.30 bits per heavy atom. The highest BCUT2D eigenvalue weighted by Gasteiger charge is 2.38. The lowest BCUT2D eigenvalue weighted by Gasteiger charge is -2.39. The van der Waals surface area contributed by atoms with E-state index in [1.165, 1.54) is 6.42 Å². The van der Waals surface area contributed by atoms with Crippen LogP contribution >= 0.6 is 11.3 Å². The molecule has 1 heterocycles. The minimum absolute atomic E-state index is 0.00630. The average molecular weight is 289 g/mol. The van der Waals surface area contributed by atoms with Crippen LogP contribution in [-0.4, -0.2) is 22.9 Å². The largest absolute Gasteiger partial charge is 0.378 e. The lowest BCUT2D eigenvalue weighted by Crippen LogP contribution is -2.41. The van der Waals surface area contributed by atoms with E-state index in [1.54, 1.807) is 18.4 Å². The first-order valence-electron chi connectivity index (χ1n) is 6.90. The maximum Gasteiger partial charge on any atom is 0.138 e. The van der Waals surface area contributed by atoms with Crippen molar-refractivity contribution in [2.24, 2.45) is 5.73 Å². The Morgan fingerprint density at radius 2 is 2.05 bits per heavy atom. The summed E-state index contributed by atoms with van der Waals surface area (Å²) in [5.41, 5.74) is 7.31. The average Bonchev–Trinajstić information content (AvgIpc) is 2.91. The summed E-state index contributed by atoms with van der Waals surface area (Å²) < 4.78 is 5.64. The van der Waals surface area contributed by atoms with Crippen molar-refractivity contribution in [3.63, 3.8) is 0 Å². The van der Waals surface area contributed by atoms with E-state index in [0.29, 0.717) is 0 Å².